The highest BCUT2D eigenvalue weighted by atomic mass is 19.4. The molecule has 0 spiro atoms. The number of hydrogen-bond acceptors (Lipinski definition) is 6. The largest absolute Gasteiger partial charge is 0.478 e. The van der Waals surface area contributed by atoms with Crippen LogP contribution in [0.5, 0.6) is 0 Å². The number of anilines is 1. The minimum absolute atomic E-state index is 0.0618. The van der Waals surface area contributed by atoms with E-state index in [-0.39, 0.29) is 11.1 Å². The molecule has 0 saturated carbocycles. The van der Waals surface area contributed by atoms with Crippen molar-refractivity contribution < 1.29 is 46.9 Å². The first-order chi connectivity index (χ1) is 17.9. The van der Waals surface area contributed by atoms with E-state index in [0.717, 1.165) is 23.3 Å². The fraction of sp³-hybridized carbons (Fsp3) is 0.185. The Morgan fingerprint density at radius 1 is 0.737 bits per heavy atom. The molecule has 2 N–H and O–H groups in total. The lowest BCUT2D eigenvalue weighted by molar-refractivity contribution is -0.157. The van der Waals surface area contributed by atoms with Crippen molar-refractivity contribution in [3.8, 4) is 0 Å². The van der Waals surface area contributed by atoms with Gasteiger partial charge in [-0.05, 0) is 50.2 Å². The van der Waals surface area contributed by atoms with Gasteiger partial charge in [-0.3, -0.25) is 4.79 Å². The highest BCUT2D eigenvalue weighted by Crippen LogP contribution is 2.34. The maximum Gasteiger partial charge on any atom is 0.418 e. The summed E-state index contributed by atoms with van der Waals surface area (Å²) in [6, 6.07) is 15.6. The standard InChI is InChI=1S/C27H22F3NO7/c1-15-7-11-17(12-8-15)25(35)37-21(23(32)31-20-6-4-3-5-19(20)27(28,29)30)22(24(33)34)38-26(36)18-13-9-16(2)10-14-18/h3-14,21-22H,1-2H3,(H,31,32)(H,33,34)/t21-,22+/m0/s1. The van der Waals surface area contributed by atoms with E-state index in [2.05, 4.69) is 0 Å². The van der Waals surface area contributed by atoms with Crippen molar-refractivity contribution in [1.29, 1.82) is 0 Å². The van der Waals surface area contributed by atoms with Crippen LogP contribution in [0.4, 0.5) is 18.9 Å². The summed E-state index contributed by atoms with van der Waals surface area (Å²) in [5.74, 6) is -5.64. The van der Waals surface area contributed by atoms with E-state index in [4.69, 9.17) is 9.47 Å². The molecule has 0 radical (unpaired) electrons. The zero-order valence-corrected chi connectivity index (χ0v) is 20.1. The Labute approximate surface area is 215 Å². The smallest absolute Gasteiger partial charge is 0.418 e. The lowest BCUT2D eigenvalue weighted by Gasteiger charge is -2.24. The molecular formula is C27H22F3NO7. The third-order valence-corrected chi connectivity index (χ3v) is 5.31. The summed E-state index contributed by atoms with van der Waals surface area (Å²) in [5, 5.41) is 11.7. The number of para-hydroxylation sites is 1. The van der Waals surface area contributed by atoms with E-state index >= 15 is 0 Å². The fourth-order valence-corrected chi connectivity index (χ4v) is 3.28. The van der Waals surface area contributed by atoms with E-state index in [1.165, 1.54) is 30.3 Å². The van der Waals surface area contributed by atoms with Gasteiger partial charge in [-0.25, -0.2) is 14.4 Å². The topological polar surface area (TPSA) is 119 Å². The van der Waals surface area contributed by atoms with E-state index in [0.29, 0.717) is 6.07 Å². The second kappa shape index (κ2) is 11.6. The molecule has 0 unspecified atom stereocenters. The van der Waals surface area contributed by atoms with E-state index < -0.39 is 53.5 Å². The third kappa shape index (κ3) is 6.96. The van der Waals surface area contributed by atoms with Crippen molar-refractivity contribution in [2.24, 2.45) is 0 Å². The van der Waals surface area contributed by atoms with Crippen molar-refractivity contribution in [2.75, 3.05) is 5.32 Å². The second-order valence-corrected chi connectivity index (χ2v) is 8.25. The van der Waals surface area contributed by atoms with Gasteiger partial charge in [0.05, 0.1) is 22.4 Å². The molecule has 198 valence electrons. The number of nitrogens with one attached hydrogen (secondary N) is 1. The van der Waals surface area contributed by atoms with Gasteiger partial charge in [0.15, 0.2) is 0 Å². The number of alkyl halides is 3. The number of aliphatic carboxylic acids is 1. The number of ether oxygens (including phenoxy) is 2. The summed E-state index contributed by atoms with van der Waals surface area (Å²) in [5.41, 5.74) is -0.485. The van der Waals surface area contributed by atoms with Gasteiger partial charge in [0.1, 0.15) is 0 Å². The lowest BCUT2D eigenvalue weighted by Crippen LogP contribution is -2.48. The molecule has 0 aliphatic rings. The zero-order chi connectivity index (χ0) is 28.0. The van der Waals surface area contributed by atoms with Gasteiger partial charge in [0.25, 0.3) is 5.91 Å². The van der Waals surface area contributed by atoms with Crippen LogP contribution in [0.15, 0.2) is 72.8 Å². The van der Waals surface area contributed by atoms with Crippen LogP contribution in [-0.2, 0) is 25.2 Å². The van der Waals surface area contributed by atoms with Crippen molar-refractivity contribution in [3.05, 3.63) is 101 Å². The number of carboxylic acids is 1. The number of halogens is 3. The van der Waals surface area contributed by atoms with E-state index in [1.807, 2.05) is 5.32 Å². The second-order valence-electron chi connectivity index (χ2n) is 8.25. The van der Waals surface area contributed by atoms with Crippen LogP contribution < -0.4 is 5.32 Å². The lowest BCUT2D eigenvalue weighted by atomic mass is 10.1. The molecule has 38 heavy (non-hydrogen) atoms. The Morgan fingerprint density at radius 2 is 1.18 bits per heavy atom. The summed E-state index contributed by atoms with van der Waals surface area (Å²) in [6.45, 7) is 3.49. The Morgan fingerprint density at radius 3 is 1.63 bits per heavy atom. The van der Waals surface area contributed by atoms with Crippen molar-refractivity contribution in [3.63, 3.8) is 0 Å². The molecule has 3 rings (SSSR count). The van der Waals surface area contributed by atoms with Crippen LogP contribution >= 0.6 is 0 Å². The van der Waals surface area contributed by atoms with E-state index in [9.17, 15) is 37.5 Å². The number of rotatable bonds is 8. The molecule has 0 bridgehead atoms. The monoisotopic (exact) mass is 529 g/mol. The average Bonchev–Trinajstić information content (AvgIpc) is 2.86. The molecule has 0 saturated heterocycles. The molecule has 0 heterocycles. The minimum Gasteiger partial charge on any atom is -0.478 e. The molecular weight excluding hydrogens is 507 g/mol. The molecule has 0 aliphatic carbocycles. The molecule has 3 aromatic carbocycles. The Hall–Kier alpha value is -4.67. The quantitative estimate of drug-likeness (QED) is 0.403. The summed E-state index contributed by atoms with van der Waals surface area (Å²) in [4.78, 5) is 50.6. The maximum atomic E-state index is 13.4. The number of hydrogen-bond donors (Lipinski definition) is 2. The molecule has 0 aromatic heterocycles. The summed E-state index contributed by atoms with van der Waals surface area (Å²) in [6.07, 6.45) is -9.60. The first-order valence-corrected chi connectivity index (χ1v) is 11.1. The summed E-state index contributed by atoms with van der Waals surface area (Å²) < 4.78 is 50.5. The number of carbonyl (C=O) groups is 4. The first-order valence-electron chi connectivity index (χ1n) is 11.1. The maximum absolute atomic E-state index is 13.4. The van der Waals surface area contributed by atoms with Gasteiger partial charge in [-0.15, -0.1) is 0 Å². The number of carboxylic acid groups (broad SMARTS) is 1. The molecule has 0 fully saturated rings. The summed E-state index contributed by atoms with van der Waals surface area (Å²) in [7, 11) is 0. The van der Waals surface area contributed by atoms with Gasteiger partial charge >= 0.3 is 24.1 Å². The minimum atomic E-state index is -4.86. The van der Waals surface area contributed by atoms with Gasteiger partial charge in [0.2, 0.25) is 12.2 Å². The van der Waals surface area contributed by atoms with Crippen LogP contribution in [0.2, 0.25) is 0 Å². The van der Waals surface area contributed by atoms with Gasteiger partial charge in [0, 0.05) is 0 Å². The van der Waals surface area contributed by atoms with Crippen molar-refractivity contribution in [1.82, 2.24) is 0 Å². The van der Waals surface area contributed by atoms with Crippen LogP contribution in [0.3, 0.4) is 0 Å². The fourth-order valence-electron chi connectivity index (χ4n) is 3.28. The van der Waals surface area contributed by atoms with Crippen molar-refractivity contribution >= 4 is 29.5 Å². The first kappa shape index (κ1) is 27.9. The predicted octanol–water partition coefficient (Wildman–Crippen LogP) is 4.80. The van der Waals surface area contributed by atoms with Gasteiger partial charge in [-0.2, -0.15) is 13.2 Å². The molecule has 11 heteroatoms. The number of aryl methyl sites for hydroxylation is 2. The number of amides is 1. The van der Waals surface area contributed by atoms with Gasteiger partial charge < -0.3 is 19.9 Å². The molecule has 1 amide bonds. The summed E-state index contributed by atoms with van der Waals surface area (Å²) >= 11 is 0. The molecule has 3 aromatic rings. The predicted molar refractivity (Wildman–Crippen MR) is 128 cm³/mol. The Balaban J connectivity index is 1.97. The van der Waals surface area contributed by atoms with Crippen LogP contribution in [0.25, 0.3) is 0 Å². The highest BCUT2D eigenvalue weighted by Gasteiger charge is 2.42. The average molecular weight is 529 g/mol. The van der Waals surface area contributed by atoms with Crippen LogP contribution in [0.1, 0.15) is 37.4 Å². The van der Waals surface area contributed by atoms with Crippen LogP contribution in [-0.4, -0.2) is 41.1 Å². The van der Waals surface area contributed by atoms with Crippen molar-refractivity contribution in [2.45, 2.75) is 32.2 Å². The normalized spacial score (nSPS) is 12.7. The number of benzene rings is 3. The van der Waals surface area contributed by atoms with Crippen LogP contribution in [0, 0.1) is 13.8 Å². The SMILES string of the molecule is Cc1ccc(C(=O)O[C@H](C(=O)Nc2ccccc2C(F)(F)F)[C@@H](OC(=O)c2ccc(C)cc2)C(=O)O)cc1. The Kier molecular flexibility index (Phi) is 8.51. The molecule has 0 aliphatic heterocycles. The van der Waals surface area contributed by atoms with Gasteiger partial charge in [-0.1, -0.05) is 47.5 Å². The Bertz CT molecular complexity index is 1340. The number of esters is 2. The zero-order valence-electron chi connectivity index (χ0n) is 20.1. The molecule has 2 atom stereocenters. The highest BCUT2D eigenvalue weighted by molar-refractivity contribution is 6.02. The molecule has 8 nitrogen and oxygen atoms in total. The van der Waals surface area contributed by atoms with E-state index in [1.54, 1.807) is 38.1 Å². The third-order valence-electron chi connectivity index (χ3n) is 5.31. The number of carbonyl (C=O) groups excluding carboxylic acids is 3.